The highest BCUT2D eigenvalue weighted by Crippen LogP contribution is 2.39. The minimum Gasteiger partial charge on any atom is -0.469 e. The van der Waals surface area contributed by atoms with Gasteiger partial charge in [0.1, 0.15) is 11.4 Å². The van der Waals surface area contributed by atoms with Crippen LogP contribution in [0.15, 0.2) is 24.3 Å². The van der Waals surface area contributed by atoms with Crippen molar-refractivity contribution in [3.63, 3.8) is 0 Å². The second-order valence-electron chi connectivity index (χ2n) is 12.6. The summed E-state index contributed by atoms with van der Waals surface area (Å²) >= 11 is 0. The largest absolute Gasteiger partial charge is 0.469 e. The van der Waals surface area contributed by atoms with E-state index in [-0.39, 0.29) is 48.2 Å². The van der Waals surface area contributed by atoms with Gasteiger partial charge in [0, 0.05) is 34.9 Å². The standard InChI is InChI=1S/C36H42N4O6/c1-9-21-19(3)23-15-24-20(4)22(11-12-31(41)45-7)25(37-24)16-27-34(44)36(6,14-13-32(42)46-8)30(39-27)18-28-33(43)35(5,10-2)29(40-28)17-26(21)38-23/h15-18,37-38H,9-14H2,1-8H3. The molecule has 0 saturated heterocycles. The lowest BCUT2D eigenvalue weighted by atomic mass is 9.77. The molecule has 10 heteroatoms. The smallest absolute Gasteiger partial charge is 0.305 e. The number of carbonyl (C=O) groups is 4. The van der Waals surface area contributed by atoms with Crippen molar-refractivity contribution in [2.24, 2.45) is 0 Å². The van der Waals surface area contributed by atoms with Gasteiger partial charge in [-0.25, -0.2) is 9.97 Å². The maximum atomic E-state index is 14.2. The molecular formula is C36H42N4O6. The van der Waals surface area contributed by atoms with E-state index in [2.05, 4.69) is 23.8 Å². The number of H-pyrrole nitrogens is 2. The second-order valence-corrected chi connectivity index (χ2v) is 12.6. The van der Waals surface area contributed by atoms with E-state index in [1.807, 2.05) is 32.9 Å². The molecule has 0 aromatic carbocycles. The molecule has 2 N–H and O–H groups in total. The molecule has 2 aliphatic rings. The average Bonchev–Trinajstić information content (AvgIpc) is 3.66. The summed E-state index contributed by atoms with van der Waals surface area (Å²) in [5.74, 6) is -1.20. The Labute approximate surface area is 268 Å². The molecule has 2 unspecified atom stereocenters. The Morgan fingerprint density at radius 3 is 1.83 bits per heavy atom. The molecule has 242 valence electrons. The first-order valence-electron chi connectivity index (χ1n) is 15.8. The molecule has 0 saturated carbocycles. The van der Waals surface area contributed by atoms with Gasteiger partial charge in [-0.1, -0.05) is 13.8 Å². The molecule has 0 radical (unpaired) electrons. The summed E-state index contributed by atoms with van der Waals surface area (Å²) in [7, 11) is 2.67. The molecule has 3 aromatic rings. The van der Waals surface area contributed by atoms with Gasteiger partial charge in [0.15, 0.2) is 11.6 Å². The molecule has 8 bridgehead atoms. The molecule has 2 atom stereocenters. The van der Waals surface area contributed by atoms with Crippen LogP contribution in [0.4, 0.5) is 0 Å². The van der Waals surface area contributed by atoms with Crippen molar-refractivity contribution in [3.8, 4) is 0 Å². The second kappa shape index (κ2) is 12.3. The molecule has 3 aromatic heterocycles. The molecule has 0 amide bonds. The van der Waals surface area contributed by atoms with Gasteiger partial charge in [-0.2, -0.15) is 0 Å². The number of nitrogens with zero attached hydrogens (tertiary/aromatic N) is 2. The molecule has 2 aliphatic heterocycles. The van der Waals surface area contributed by atoms with Crippen molar-refractivity contribution in [2.75, 3.05) is 14.2 Å². The highest BCUT2D eigenvalue weighted by atomic mass is 16.5. The molecule has 10 nitrogen and oxygen atoms in total. The number of hydrogen-bond donors (Lipinski definition) is 2. The van der Waals surface area contributed by atoms with Crippen LogP contribution in [0.5, 0.6) is 0 Å². The van der Waals surface area contributed by atoms with Crippen LogP contribution in [0.3, 0.4) is 0 Å². The Morgan fingerprint density at radius 2 is 1.24 bits per heavy atom. The van der Waals surface area contributed by atoms with Crippen molar-refractivity contribution >= 4 is 45.6 Å². The summed E-state index contributed by atoms with van der Waals surface area (Å²) in [6.07, 6.45) is 2.00. The highest BCUT2D eigenvalue weighted by Gasteiger charge is 2.45. The Hall–Kier alpha value is -4.60. The van der Waals surface area contributed by atoms with E-state index < -0.39 is 16.8 Å². The van der Waals surface area contributed by atoms with Gasteiger partial charge < -0.3 is 19.4 Å². The number of aromatic nitrogens is 4. The summed E-state index contributed by atoms with van der Waals surface area (Å²) in [5, 5.41) is 0. The Kier molecular flexibility index (Phi) is 8.77. The topological polar surface area (TPSA) is 144 Å². The van der Waals surface area contributed by atoms with Crippen LogP contribution >= 0.6 is 0 Å². The maximum absolute atomic E-state index is 14.2. The van der Waals surface area contributed by atoms with Gasteiger partial charge in [0.25, 0.3) is 0 Å². The summed E-state index contributed by atoms with van der Waals surface area (Å²) in [6, 6.07) is 7.32. The number of esters is 2. The SMILES string of the molecule is CCc1c(C)c2cc3[nH]c(cc4nc(cc5nc(cc1[nH]2)C(C)(CC)C5=O)C(C)(CCC(=O)OC)C4=O)c(CCC(=O)OC)c3C. The van der Waals surface area contributed by atoms with Crippen LogP contribution in [-0.4, -0.2) is 57.7 Å². The predicted octanol–water partition coefficient (Wildman–Crippen LogP) is 6.24. The minimum absolute atomic E-state index is 0.00366. The fourth-order valence-electron chi connectivity index (χ4n) is 6.57. The van der Waals surface area contributed by atoms with E-state index in [1.54, 1.807) is 19.1 Å². The van der Waals surface area contributed by atoms with Crippen LogP contribution < -0.4 is 0 Å². The Bertz CT molecular complexity index is 1940. The molecule has 0 spiro atoms. The quantitative estimate of drug-likeness (QED) is 0.280. The fourth-order valence-corrected chi connectivity index (χ4v) is 6.57. The predicted molar refractivity (Wildman–Crippen MR) is 175 cm³/mol. The summed E-state index contributed by atoms with van der Waals surface area (Å²) in [5.41, 5.74) is 6.65. The molecule has 46 heavy (non-hydrogen) atoms. The lowest BCUT2D eigenvalue weighted by Gasteiger charge is -2.21. The van der Waals surface area contributed by atoms with Gasteiger partial charge >= 0.3 is 11.9 Å². The number of hydrogen-bond acceptors (Lipinski definition) is 8. The lowest BCUT2D eigenvalue weighted by molar-refractivity contribution is -0.141. The summed E-state index contributed by atoms with van der Waals surface area (Å²) < 4.78 is 9.78. The van der Waals surface area contributed by atoms with Gasteiger partial charge in [0.05, 0.1) is 36.4 Å². The van der Waals surface area contributed by atoms with Crippen molar-refractivity contribution in [3.05, 3.63) is 69.3 Å². The van der Waals surface area contributed by atoms with Crippen molar-refractivity contribution in [2.45, 2.75) is 90.9 Å². The number of Topliss-reactive ketones (excluding diaryl/α,β-unsaturated/α-hetero) is 2. The Morgan fingerprint density at radius 1 is 0.717 bits per heavy atom. The van der Waals surface area contributed by atoms with E-state index in [9.17, 15) is 19.2 Å². The first-order valence-corrected chi connectivity index (χ1v) is 15.8. The normalized spacial score (nSPS) is 19.4. The van der Waals surface area contributed by atoms with Crippen LogP contribution in [0.1, 0.15) is 108 Å². The van der Waals surface area contributed by atoms with Gasteiger partial charge in [-0.05, 0) is 99.9 Å². The number of fused-ring (bicyclic) bond motifs is 8. The first kappa shape index (κ1) is 32.8. The number of carbonyl (C=O) groups excluding carboxylic acids is 4. The van der Waals surface area contributed by atoms with Gasteiger partial charge in [-0.15, -0.1) is 0 Å². The lowest BCUT2D eigenvalue weighted by Crippen LogP contribution is -2.30. The van der Waals surface area contributed by atoms with E-state index in [0.717, 1.165) is 45.2 Å². The third-order valence-electron chi connectivity index (χ3n) is 10.0. The number of methoxy groups -OCH3 is 2. The van der Waals surface area contributed by atoms with E-state index in [1.165, 1.54) is 14.2 Å². The third-order valence-corrected chi connectivity index (χ3v) is 10.0. The van der Waals surface area contributed by atoms with E-state index in [0.29, 0.717) is 29.7 Å². The highest BCUT2D eigenvalue weighted by molar-refractivity contribution is 6.07. The molecular weight excluding hydrogens is 584 g/mol. The molecule has 5 rings (SSSR count). The van der Waals surface area contributed by atoms with Gasteiger partial charge in [0.2, 0.25) is 0 Å². The molecule has 5 heterocycles. The zero-order valence-electron chi connectivity index (χ0n) is 27.9. The van der Waals surface area contributed by atoms with Crippen LogP contribution in [0.25, 0.3) is 22.1 Å². The van der Waals surface area contributed by atoms with Crippen molar-refractivity contribution in [1.82, 2.24) is 19.9 Å². The number of nitrogens with one attached hydrogen (secondary N) is 2. The maximum Gasteiger partial charge on any atom is 0.305 e. The van der Waals surface area contributed by atoms with E-state index >= 15 is 0 Å². The average molecular weight is 627 g/mol. The summed E-state index contributed by atoms with van der Waals surface area (Å²) in [4.78, 5) is 69.2. The molecule has 0 fully saturated rings. The minimum atomic E-state index is -1.20. The third kappa shape index (κ3) is 5.43. The Balaban J connectivity index is 1.91. The first-order chi connectivity index (χ1) is 21.8. The van der Waals surface area contributed by atoms with E-state index in [4.69, 9.17) is 19.4 Å². The molecule has 0 aliphatic carbocycles. The zero-order chi connectivity index (χ0) is 33.6. The number of aryl methyl sites for hydroxylation is 4. The zero-order valence-corrected chi connectivity index (χ0v) is 27.9. The fraction of sp³-hybridized carbons (Fsp3) is 0.444. The van der Waals surface area contributed by atoms with Crippen molar-refractivity contribution < 1.29 is 28.7 Å². The van der Waals surface area contributed by atoms with Crippen LogP contribution in [-0.2, 0) is 42.7 Å². The monoisotopic (exact) mass is 626 g/mol. The van der Waals surface area contributed by atoms with Crippen LogP contribution in [0.2, 0.25) is 0 Å². The number of ketones is 2. The number of aromatic amines is 2. The number of rotatable bonds is 8. The van der Waals surface area contributed by atoms with Crippen molar-refractivity contribution in [1.29, 1.82) is 0 Å². The van der Waals surface area contributed by atoms with Gasteiger partial charge in [-0.3, -0.25) is 19.2 Å². The number of ether oxygens (including phenoxy) is 2. The summed E-state index contributed by atoms with van der Waals surface area (Å²) in [6.45, 7) is 11.8. The van der Waals surface area contributed by atoms with Crippen LogP contribution in [0, 0.1) is 13.8 Å².